The van der Waals surface area contributed by atoms with Gasteiger partial charge in [-0.05, 0) is 0 Å². The molecule has 0 aliphatic rings. The van der Waals surface area contributed by atoms with E-state index < -0.39 is 8.25 Å². The predicted molar refractivity (Wildman–Crippen MR) is 62.4 cm³/mol. The standard InChI is InChI=1S/C8H20BN2O3P/c1-10(2)5-7-13-15(9-12)14-8-6-11(3)4/h5-8H2,1-4H3. The minimum atomic E-state index is -1.35. The van der Waals surface area contributed by atoms with Crippen LogP contribution >= 0.6 is 8.25 Å². The first-order valence-electron chi connectivity index (χ1n) is 4.86. The van der Waals surface area contributed by atoms with Crippen LogP contribution in [0.15, 0.2) is 0 Å². The van der Waals surface area contributed by atoms with Gasteiger partial charge in [0.05, 0.1) is 0 Å². The van der Waals surface area contributed by atoms with Crippen molar-refractivity contribution in [1.29, 1.82) is 0 Å². The molecular formula is C8H20BN2O3P. The van der Waals surface area contributed by atoms with Crippen LogP contribution in [0.5, 0.6) is 0 Å². The van der Waals surface area contributed by atoms with Crippen molar-refractivity contribution in [2.24, 2.45) is 0 Å². The second-order valence-corrected chi connectivity index (χ2v) is 4.96. The van der Waals surface area contributed by atoms with Crippen LogP contribution in [0.2, 0.25) is 0 Å². The van der Waals surface area contributed by atoms with Crippen LogP contribution < -0.4 is 0 Å². The van der Waals surface area contributed by atoms with E-state index in [0.29, 0.717) is 13.2 Å². The molecule has 0 heterocycles. The first-order chi connectivity index (χ1) is 7.06. The van der Waals surface area contributed by atoms with Crippen LogP contribution in [0.3, 0.4) is 0 Å². The van der Waals surface area contributed by atoms with Crippen molar-refractivity contribution in [3.63, 3.8) is 0 Å². The number of nitrogens with zero attached hydrogens (tertiary/aromatic N) is 2. The Labute approximate surface area is 93.8 Å². The fourth-order valence-corrected chi connectivity index (χ4v) is 1.44. The second kappa shape index (κ2) is 9.37. The van der Waals surface area contributed by atoms with E-state index in [1.165, 1.54) is 0 Å². The van der Waals surface area contributed by atoms with Crippen LogP contribution in [0, 0.1) is 0 Å². The quantitative estimate of drug-likeness (QED) is 0.427. The first kappa shape index (κ1) is 15.1. The maximum atomic E-state index is 10.6. The number of hydrogen-bond donors (Lipinski definition) is 0. The van der Waals surface area contributed by atoms with Crippen molar-refractivity contribution in [1.82, 2.24) is 9.80 Å². The molecule has 0 spiro atoms. The molecule has 0 amide bonds. The van der Waals surface area contributed by atoms with Gasteiger partial charge in [-0.15, -0.1) is 0 Å². The van der Waals surface area contributed by atoms with Gasteiger partial charge in [-0.3, -0.25) is 0 Å². The number of hydrogen-bond acceptors (Lipinski definition) is 5. The van der Waals surface area contributed by atoms with E-state index in [1.807, 2.05) is 38.0 Å². The van der Waals surface area contributed by atoms with Crippen molar-refractivity contribution in [2.75, 3.05) is 54.5 Å². The summed E-state index contributed by atoms with van der Waals surface area (Å²) in [7, 11) is 6.48. The molecule has 0 rings (SSSR count). The van der Waals surface area contributed by atoms with E-state index in [1.54, 1.807) is 0 Å². The van der Waals surface area contributed by atoms with Crippen molar-refractivity contribution < 1.29 is 13.8 Å². The van der Waals surface area contributed by atoms with Crippen molar-refractivity contribution in [3.8, 4) is 0 Å². The molecule has 0 aromatic carbocycles. The number of rotatable bonds is 9. The Kier molecular flexibility index (Phi) is 9.45. The molecule has 0 bridgehead atoms. The molecule has 0 aliphatic heterocycles. The Morgan fingerprint density at radius 1 is 1.00 bits per heavy atom. The van der Waals surface area contributed by atoms with Gasteiger partial charge in [0.1, 0.15) is 0 Å². The molecule has 0 atom stereocenters. The summed E-state index contributed by atoms with van der Waals surface area (Å²) in [6.45, 7) is 3.40. The van der Waals surface area contributed by atoms with Gasteiger partial charge < -0.3 is 0 Å². The Bertz CT molecular complexity index is 158. The molecule has 0 radical (unpaired) electrons. The molecule has 0 aliphatic carbocycles. The third kappa shape index (κ3) is 10.4. The van der Waals surface area contributed by atoms with Gasteiger partial charge in [-0.1, -0.05) is 0 Å². The molecule has 0 N–H and O–H groups in total. The van der Waals surface area contributed by atoms with E-state index in [4.69, 9.17) is 9.05 Å². The third-order valence-corrected chi connectivity index (χ3v) is 2.65. The number of likely N-dealkylation sites (N-methyl/N-ethyl adjacent to an activating group) is 2. The fraction of sp³-hybridized carbons (Fsp3) is 1.00. The van der Waals surface area contributed by atoms with E-state index in [2.05, 4.69) is 0 Å². The molecule has 15 heavy (non-hydrogen) atoms. The summed E-state index contributed by atoms with van der Waals surface area (Å²) in [5.74, 6) is 0. The van der Waals surface area contributed by atoms with E-state index in [0.717, 1.165) is 20.0 Å². The van der Waals surface area contributed by atoms with Crippen LogP contribution in [-0.2, 0) is 13.8 Å². The minimum absolute atomic E-state index is 0.527. The topological polar surface area (TPSA) is 42.0 Å². The Morgan fingerprint density at radius 2 is 1.40 bits per heavy atom. The third-order valence-electron chi connectivity index (χ3n) is 1.60. The van der Waals surface area contributed by atoms with E-state index >= 15 is 0 Å². The molecule has 5 nitrogen and oxygen atoms in total. The van der Waals surface area contributed by atoms with Gasteiger partial charge in [0.25, 0.3) is 0 Å². The zero-order valence-electron chi connectivity index (χ0n) is 9.97. The average Bonchev–Trinajstić information content (AvgIpc) is 2.14. The molecule has 0 saturated carbocycles. The fourth-order valence-electron chi connectivity index (χ4n) is 0.725. The molecule has 7 heteroatoms. The summed E-state index contributed by atoms with van der Waals surface area (Å²) in [6.07, 6.45) is 0. The van der Waals surface area contributed by atoms with Gasteiger partial charge in [0.2, 0.25) is 0 Å². The van der Waals surface area contributed by atoms with Crippen LogP contribution in [0.1, 0.15) is 0 Å². The summed E-state index contributed by atoms with van der Waals surface area (Å²) < 4.78 is 21.2. The van der Waals surface area contributed by atoms with Gasteiger partial charge in [-0.2, -0.15) is 0 Å². The van der Waals surface area contributed by atoms with Crippen molar-refractivity contribution in [3.05, 3.63) is 0 Å². The zero-order valence-corrected chi connectivity index (χ0v) is 10.9. The van der Waals surface area contributed by atoms with Gasteiger partial charge in [0.15, 0.2) is 0 Å². The zero-order chi connectivity index (χ0) is 11.7. The maximum absolute atomic E-state index is 10.6. The molecule has 0 unspecified atom stereocenters. The average molecular weight is 234 g/mol. The predicted octanol–water partition coefficient (Wildman–Crippen LogP) is 0.419. The van der Waals surface area contributed by atoms with E-state index in [-0.39, 0.29) is 0 Å². The summed E-state index contributed by atoms with van der Waals surface area (Å²) in [6, 6.07) is 0. The summed E-state index contributed by atoms with van der Waals surface area (Å²) >= 11 is 0. The monoisotopic (exact) mass is 234 g/mol. The summed E-state index contributed by atoms with van der Waals surface area (Å²) in [5, 5.41) is 0. The molecule has 0 aromatic rings. The van der Waals surface area contributed by atoms with Gasteiger partial charge in [-0.25, -0.2) is 0 Å². The molecular weight excluding hydrogens is 214 g/mol. The van der Waals surface area contributed by atoms with Gasteiger partial charge in [0, 0.05) is 0 Å². The van der Waals surface area contributed by atoms with Crippen molar-refractivity contribution in [2.45, 2.75) is 0 Å². The second-order valence-electron chi connectivity index (χ2n) is 3.66. The Morgan fingerprint density at radius 3 is 1.67 bits per heavy atom. The van der Waals surface area contributed by atoms with Crippen LogP contribution in [0.25, 0.3) is 0 Å². The molecule has 0 fully saturated rings. The normalized spacial score (nSPS) is 11.4. The van der Waals surface area contributed by atoms with Gasteiger partial charge >= 0.3 is 93.2 Å². The Hall–Kier alpha value is 0.135. The SMILES string of the molecule is CN(C)CCOP(B=O)OCCN(C)C. The van der Waals surface area contributed by atoms with Crippen LogP contribution in [0.4, 0.5) is 0 Å². The Balaban J connectivity index is 3.50. The van der Waals surface area contributed by atoms with Crippen LogP contribution in [-0.4, -0.2) is 71.2 Å². The molecule has 0 saturated heterocycles. The summed E-state index contributed by atoms with van der Waals surface area (Å²) in [5.41, 5.74) is 0. The molecule has 0 aromatic heterocycles. The molecule has 88 valence electrons. The van der Waals surface area contributed by atoms with E-state index in [9.17, 15) is 4.70 Å². The summed E-state index contributed by atoms with van der Waals surface area (Å²) in [4.78, 5) is 4.00. The van der Waals surface area contributed by atoms with Crippen molar-refractivity contribution >= 4 is 15.1 Å². The first-order valence-corrected chi connectivity index (χ1v) is 6.10.